The summed E-state index contributed by atoms with van der Waals surface area (Å²) in [6.45, 7) is 0.626. The minimum absolute atomic E-state index is 0.0880. The predicted molar refractivity (Wildman–Crippen MR) is 101 cm³/mol. The highest BCUT2D eigenvalue weighted by Crippen LogP contribution is 2.37. The van der Waals surface area contributed by atoms with Crippen molar-refractivity contribution in [1.82, 2.24) is 9.47 Å². The van der Waals surface area contributed by atoms with E-state index in [4.69, 9.17) is 0 Å². The number of hydrogen-bond donors (Lipinski definition) is 0. The molecule has 140 valence electrons. The second kappa shape index (κ2) is 6.05. The Balaban J connectivity index is 1.93. The molecule has 28 heavy (non-hydrogen) atoms. The fourth-order valence-corrected chi connectivity index (χ4v) is 4.47. The van der Waals surface area contributed by atoms with Crippen molar-refractivity contribution in [2.75, 3.05) is 6.54 Å². The third-order valence-corrected chi connectivity index (χ3v) is 5.76. The molecule has 0 bridgehead atoms. The average Bonchev–Trinajstić information content (AvgIpc) is 3.17. The Bertz CT molecular complexity index is 1170. The number of carbonyl (C=O) groups is 1. The first-order valence-electron chi connectivity index (χ1n) is 9.41. The highest BCUT2D eigenvalue weighted by atomic mass is 16.3. The van der Waals surface area contributed by atoms with E-state index >= 15 is 0 Å². The molecule has 1 atom stereocenters. The molecule has 1 fully saturated rings. The topological polar surface area (TPSA) is 69.2 Å². The molecule has 1 aromatic heterocycles. The van der Waals surface area contributed by atoms with Crippen LogP contribution in [-0.4, -0.2) is 21.9 Å². The molecule has 2 aromatic carbocycles. The van der Waals surface area contributed by atoms with Gasteiger partial charge in [0, 0.05) is 6.54 Å². The van der Waals surface area contributed by atoms with Crippen LogP contribution in [0.5, 0.6) is 5.88 Å². The van der Waals surface area contributed by atoms with Gasteiger partial charge in [0.15, 0.2) is 0 Å². The summed E-state index contributed by atoms with van der Waals surface area (Å²) in [6.07, 6.45) is 1.58. The Hall–Kier alpha value is -3.41. The lowest BCUT2D eigenvalue weighted by molar-refractivity contribution is -0.725. The first kappa shape index (κ1) is 16.7. The first-order valence-corrected chi connectivity index (χ1v) is 9.41. The lowest BCUT2D eigenvalue weighted by atomic mass is 10.1. The monoisotopic (exact) mass is 373 g/mol. The molecule has 2 aliphatic heterocycles. The van der Waals surface area contributed by atoms with Crippen LogP contribution in [0.4, 0.5) is 0 Å². The van der Waals surface area contributed by atoms with Crippen LogP contribution in [0.15, 0.2) is 59.4 Å². The second-order valence-electron chi connectivity index (χ2n) is 7.28. The average molecular weight is 373 g/mol. The van der Waals surface area contributed by atoms with Gasteiger partial charge in [-0.25, -0.2) is 9.36 Å². The standard InChI is InChI=1S/C22H19N3O3/c1-23-19-17-12-7-13-24(17)20(26)15-10-5-6-11-16(15)25(19)22(28)18(21(23)27)14-8-3-2-4-9-14/h2-6,8-11,17H,7,12-13H2,1H3. The zero-order chi connectivity index (χ0) is 19.4. The highest BCUT2D eigenvalue weighted by molar-refractivity contribution is 5.98. The van der Waals surface area contributed by atoms with Gasteiger partial charge >= 0.3 is 5.56 Å². The van der Waals surface area contributed by atoms with Gasteiger partial charge in [-0.05, 0) is 30.5 Å². The Morgan fingerprint density at radius 3 is 2.54 bits per heavy atom. The molecule has 3 heterocycles. The zero-order valence-electron chi connectivity index (χ0n) is 15.5. The molecule has 0 aliphatic carbocycles. The number of nitrogens with zero attached hydrogens (tertiary/aromatic N) is 3. The molecular weight excluding hydrogens is 354 g/mol. The van der Waals surface area contributed by atoms with Crippen molar-refractivity contribution in [2.45, 2.75) is 18.9 Å². The molecule has 1 unspecified atom stereocenters. The van der Waals surface area contributed by atoms with Crippen LogP contribution >= 0.6 is 0 Å². The van der Waals surface area contributed by atoms with E-state index in [1.165, 1.54) is 0 Å². The predicted octanol–water partition coefficient (Wildman–Crippen LogP) is 1.69. The molecule has 0 N–H and O–H groups in total. The van der Waals surface area contributed by atoms with E-state index in [1.54, 1.807) is 63.5 Å². The smallest absolute Gasteiger partial charge is 0.349 e. The molecule has 6 nitrogen and oxygen atoms in total. The summed E-state index contributed by atoms with van der Waals surface area (Å²) in [5, 5.41) is 13.2. The molecule has 0 spiro atoms. The van der Waals surface area contributed by atoms with E-state index in [9.17, 15) is 14.7 Å². The van der Waals surface area contributed by atoms with Crippen molar-refractivity contribution in [3.05, 3.63) is 76.3 Å². The lowest BCUT2D eigenvalue weighted by Crippen LogP contribution is -2.48. The number of rotatable bonds is 1. The van der Waals surface area contributed by atoms with Crippen LogP contribution in [-0.2, 0) is 7.05 Å². The number of aromatic nitrogens is 2. The van der Waals surface area contributed by atoms with Crippen LogP contribution in [0.1, 0.15) is 35.1 Å². The van der Waals surface area contributed by atoms with Crippen molar-refractivity contribution in [3.8, 4) is 22.7 Å². The van der Waals surface area contributed by atoms with Gasteiger partial charge in [-0.2, -0.15) is 4.57 Å². The van der Waals surface area contributed by atoms with E-state index in [0.29, 0.717) is 29.2 Å². The Morgan fingerprint density at radius 1 is 1.04 bits per heavy atom. The molecule has 2 aliphatic rings. The van der Waals surface area contributed by atoms with Gasteiger partial charge in [-0.3, -0.25) is 4.79 Å². The van der Waals surface area contributed by atoms with Gasteiger partial charge in [0.25, 0.3) is 11.7 Å². The Labute approximate surface area is 161 Å². The summed E-state index contributed by atoms with van der Waals surface area (Å²) in [5.74, 6) is 0.154. The molecule has 0 saturated carbocycles. The molecular formula is C22H19N3O3. The fraction of sp³-hybridized carbons (Fsp3) is 0.227. The van der Waals surface area contributed by atoms with E-state index in [2.05, 4.69) is 0 Å². The number of fused-ring (bicyclic) bond motifs is 5. The third-order valence-electron chi connectivity index (χ3n) is 5.76. The molecule has 1 saturated heterocycles. The van der Waals surface area contributed by atoms with Gasteiger partial charge in [0.2, 0.25) is 0 Å². The summed E-state index contributed by atoms with van der Waals surface area (Å²) in [5.41, 5.74) is 1.36. The number of benzene rings is 2. The molecule has 1 amide bonds. The van der Waals surface area contributed by atoms with Crippen molar-refractivity contribution >= 4 is 5.91 Å². The SMILES string of the molecule is C[n+]1c([O-])c(-c2ccccc2)c(=O)n2c1C1CCCN1C(=O)c1ccccc1-2. The summed E-state index contributed by atoms with van der Waals surface area (Å²) in [4.78, 5) is 28.6. The van der Waals surface area contributed by atoms with Crippen molar-refractivity contribution in [2.24, 2.45) is 7.05 Å². The van der Waals surface area contributed by atoms with E-state index in [0.717, 1.165) is 12.8 Å². The van der Waals surface area contributed by atoms with E-state index in [1.807, 2.05) is 12.1 Å². The summed E-state index contributed by atoms with van der Waals surface area (Å²) < 4.78 is 3.12. The maximum Gasteiger partial charge on any atom is 0.349 e. The van der Waals surface area contributed by atoms with Crippen molar-refractivity contribution in [1.29, 1.82) is 0 Å². The zero-order valence-corrected chi connectivity index (χ0v) is 15.5. The second-order valence-corrected chi connectivity index (χ2v) is 7.28. The van der Waals surface area contributed by atoms with Gasteiger partial charge < -0.3 is 10.0 Å². The summed E-state index contributed by atoms with van der Waals surface area (Å²) >= 11 is 0. The maximum absolute atomic E-state index is 13.6. The third kappa shape index (κ3) is 2.17. The largest absolute Gasteiger partial charge is 0.842 e. The number of amides is 1. The van der Waals surface area contributed by atoms with E-state index < -0.39 is 0 Å². The van der Waals surface area contributed by atoms with Gasteiger partial charge in [-0.1, -0.05) is 42.5 Å². The van der Waals surface area contributed by atoms with Crippen molar-refractivity contribution < 1.29 is 14.5 Å². The maximum atomic E-state index is 13.6. The van der Waals surface area contributed by atoms with Crippen LogP contribution in [0.3, 0.4) is 0 Å². The quantitative estimate of drug-likeness (QED) is 0.610. The van der Waals surface area contributed by atoms with Crippen molar-refractivity contribution in [3.63, 3.8) is 0 Å². The molecule has 0 radical (unpaired) electrons. The molecule has 5 rings (SSSR count). The van der Waals surface area contributed by atoms with E-state index in [-0.39, 0.29) is 29.0 Å². The Morgan fingerprint density at radius 2 is 1.75 bits per heavy atom. The van der Waals surface area contributed by atoms with Crippen LogP contribution in [0.2, 0.25) is 0 Å². The fourth-order valence-electron chi connectivity index (χ4n) is 4.47. The number of carbonyl (C=O) groups excluding carboxylic acids is 1. The van der Waals surface area contributed by atoms with Gasteiger partial charge in [-0.15, -0.1) is 0 Å². The molecule has 3 aromatic rings. The normalized spacial score (nSPS) is 17.7. The van der Waals surface area contributed by atoms with Crippen LogP contribution in [0.25, 0.3) is 16.8 Å². The highest BCUT2D eigenvalue weighted by Gasteiger charge is 2.44. The minimum Gasteiger partial charge on any atom is -0.842 e. The van der Waals surface area contributed by atoms with Crippen LogP contribution < -0.4 is 15.2 Å². The lowest BCUT2D eigenvalue weighted by Gasteiger charge is -2.23. The molecule has 6 heteroatoms. The Kier molecular flexibility index (Phi) is 3.62. The minimum atomic E-state index is -0.377. The first-order chi connectivity index (χ1) is 13.6. The number of hydrogen-bond acceptors (Lipinski definition) is 3. The summed E-state index contributed by atoms with van der Waals surface area (Å²) in [6, 6.07) is 15.9. The number of para-hydroxylation sites is 1. The van der Waals surface area contributed by atoms with Gasteiger partial charge in [0.05, 0.1) is 18.5 Å². The summed E-state index contributed by atoms with van der Waals surface area (Å²) in [7, 11) is 1.69. The van der Waals surface area contributed by atoms with Gasteiger partial charge in [0.1, 0.15) is 17.3 Å². The van der Waals surface area contributed by atoms with Crippen LogP contribution in [0, 0.1) is 0 Å².